The minimum atomic E-state index is -1.20. The number of aromatic carboxylic acids is 1. The number of nitrogens with zero attached hydrogens (tertiary/aromatic N) is 4. The van der Waals surface area contributed by atoms with E-state index in [0.29, 0.717) is 40.7 Å². The van der Waals surface area contributed by atoms with E-state index in [9.17, 15) is 14.7 Å². The molecule has 5 aromatic rings. The van der Waals surface area contributed by atoms with E-state index < -0.39 is 11.9 Å². The minimum absolute atomic E-state index is 0. The highest BCUT2D eigenvalue weighted by molar-refractivity contribution is 6.12. The van der Waals surface area contributed by atoms with E-state index in [0.717, 1.165) is 37.0 Å². The summed E-state index contributed by atoms with van der Waals surface area (Å²) in [5, 5.41) is 25.8. The molecule has 1 aromatic heterocycles. The first-order chi connectivity index (χ1) is 24.2. The number of hydrogen-bond donors (Lipinski definition) is 4. The number of allylic oxidation sites excluding steroid dienone is 1. The largest absolute Gasteiger partial charge is 0.490 e. The first-order valence-corrected chi connectivity index (χ1v) is 16.4. The van der Waals surface area contributed by atoms with Crippen molar-refractivity contribution in [1.29, 1.82) is 10.8 Å². The number of amidine groups is 2. The first-order valence-electron chi connectivity index (χ1n) is 16.4. The predicted molar refractivity (Wildman–Crippen MR) is 210 cm³/mol. The number of carbonyl (C=O) groups excluding carboxylic acids is 1. The zero-order valence-corrected chi connectivity index (χ0v) is 30.2. The Labute approximate surface area is 314 Å². The normalized spacial score (nSPS) is 12.9. The zero-order valence-electron chi connectivity index (χ0n) is 28.6. The van der Waals surface area contributed by atoms with Crippen LogP contribution in [-0.4, -0.2) is 62.3 Å². The van der Waals surface area contributed by atoms with E-state index in [2.05, 4.69) is 0 Å². The number of nitrogen functional groups attached to an aromatic ring is 1. The molecule has 0 aliphatic carbocycles. The number of nitrogens with two attached hydrogens (primary N) is 1. The standard InChI is InChI=1S/C39H39N7O4.2ClH/c1-26(40)44-22-19-31(20-23-44)50-30-16-14-29(15-17-30)46(38(47)32-11-5-6-12-33(32)39(48)49)25-36-43-34-24-28(37(41)42)13-18-35(34)45(36)21-7-10-27-8-3-2-4-9-27;;/h2-18,24,31,40H,19-23,25H2,1H3,(H3,41,42)(H,48,49);2*1H. The van der Waals surface area contributed by atoms with Gasteiger partial charge in [0.05, 0.1) is 34.5 Å². The molecule has 0 bridgehead atoms. The van der Waals surface area contributed by atoms with Crippen molar-refractivity contribution in [3.63, 3.8) is 0 Å². The maximum absolute atomic E-state index is 14.3. The summed E-state index contributed by atoms with van der Waals surface area (Å²) in [6, 6.07) is 28.7. The average Bonchev–Trinajstić information content (AvgIpc) is 3.47. The highest BCUT2D eigenvalue weighted by Gasteiger charge is 2.26. The van der Waals surface area contributed by atoms with E-state index in [1.165, 1.54) is 17.0 Å². The van der Waals surface area contributed by atoms with Crippen molar-refractivity contribution < 1.29 is 19.4 Å². The Morgan fingerprint density at radius 2 is 1.60 bits per heavy atom. The molecular weight excluding hydrogens is 701 g/mol. The molecule has 0 unspecified atom stereocenters. The molecular formula is C39H41Cl2N7O4. The molecule has 0 spiro atoms. The van der Waals surface area contributed by atoms with Gasteiger partial charge >= 0.3 is 5.97 Å². The Morgan fingerprint density at radius 1 is 0.942 bits per heavy atom. The third-order valence-corrected chi connectivity index (χ3v) is 8.84. The Morgan fingerprint density at radius 3 is 2.23 bits per heavy atom. The molecule has 1 amide bonds. The number of rotatable bonds is 11. The van der Waals surface area contributed by atoms with Gasteiger partial charge in [0.15, 0.2) is 0 Å². The van der Waals surface area contributed by atoms with Gasteiger partial charge in [-0.3, -0.25) is 15.6 Å². The molecule has 0 atom stereocenters. The van der Waals surface area contributed by atoms with E-state index in [1.54, 1.807) is 43.3 Å². The third-order valence-electron chi connectivity index (χ3n) is 8.84. The SMILES string of the molecule is CC(=N)N1CCC(Oc2ccc(N(Cc3nc4cc(C(=N)N)ccc4n3CC=Cc3ccccc3)C(=O)c3ccccc3C(=O)O)cc2)CC1.Cl.Cl. The number of carboxylic acids is 1. The van der Waals surface area contributed by atoms with Crippen molar-refractivity contribution in [2.75, 3.05) is 18.0 Å². The number of hydrogen-bond acceptors (Lipinski definition) is 6. The van der Waals surface area contributed by atoms with Crippen LogP contribution < -0.4 is 15.4 Å². The number of fused-ring (bicyclic) bond motifs is 1. The van der Waals surface area contributed by atoms with E-state index in [-0.39, 0.29) is 54.4 Å². The number of anilines is 1. The zero-order chi connectivity index (χ0) is 35.2. The molecule has 52 heavy (non-hydrogen) atoms. The van der Waals surface area contributed by atoms with Gasteiger partial charge in [0.2, 0.25) is 0 Å². The second kappa shape index (κ2) is 17.5. The van der Waals surface area contributed by atoms with Crippen molar-refractivity contribution in [1.82, 2.24) is 14.5 Å². The Kier molecular flexibility index (Phi) is 13.2. The predicted octanol–water partition coefficient (Wildman–Crippen LogP) is 7.26. The lowest BCUT2D eigenvalue weighted by Crippen LogP contribution is -2.40. The summed E-state index contributed by atoms with van der Waals surface area (Å²) in [6.07, 6.45) is 5.65. The molecule has 1 saturated heterocycles. The number of ether oxygens (including phenoxy) is 1. The highest BCUT2D eigenvalue weighted by Crippen LogP contribution is 2.28. The maximum atomic E-state index is 14.3. The van der Waals surface area contributed by atoms with E-state index >= 15 is 0 Å². The maximum Gasteiger partial charge on any atom is 0.336 e. The summed E-state index contributed by atoms with van der Waals surface area (Å²) < 4.78 is 8.27. The van der Waals surface area contributed by atoms with Crippen LogP contribution in [0.25, 0.3) is 17.1 Å². The van der Waals surface area contributed by atoms with Crippen LogP contribution in [0.5, 0.6) is 5.75 Å². The van der Waals surface area contributed by atoms with Gasteiger partial charge in [-0.05, 0) is 67.1 Å². The monoisotopic (exact) mass is 741 g/mol. The number of imidazole rings is 1. The van der Waals surface area contributed by atoms with Crippen LogP contribution in [-0.2, 0) is 13.1 Å². The van der Waals surface area contributed by atoms with Gasteiger partial charge in [0.25, 0.3) is 5.91 Å². The lowest BCUT2D eigenvalue weighted by atomic mass is 10.1. The van der Waals surface area contributed by atoms with Crippen molar-refractivity contribution in [3.8, 4) is 5.75 Å². The molecule has 270 valence electrons. The summed E-state index contributed by atoms with van der Waals surface area (Å²) in [7, 11) is 0. The Balaban J connectivity index is 0.00000302. The van der Waals surface area contributed by atoms with Gasteiger partial charge in [-0.1, -0.05) is 54.6 Å². The number of carbonyl (C=O) groups is 2. The molecule has 1 aliphatic heterocycles. The molecule has 0 saturated carbocycles. The van der Waals surface area contributed by atoms with Crippen LogP contribution in [0, 0.1) is 10.8 Å². The van der Waals surface area contributed by atoms with Crippen molar-refractivity contribution in [2.24, 2.45) is 5.73 Å². The van der Waals surface area contributed by atoms with Crippen LogP contribution in [0.15, 0.2) is 103 Å². The van der Waals surface area contributed by atoms with Gasteiger partial charge in [0.1, 0.15) is 23.5 Å². The quantitative estimate of drug-likeness (QED) is 0.0818. The van der Waals surface area contributed by atoms with Gasteiger partial charge in [-0.25, -0.2) is 9.78 Å². The summed E-state index contributed by atoms with van der Waals surface area (Å²) in [5.41, 5.74) is 9.29. The number of amides is 1. The number of aromatic nitrogens is 2. The van der Waals surface area contributed by atoms with Crippen LogP contribution in [0.1, 0.15) is 57.4 Å². The second-order valence-electron chi connectivity index (χ2n) is 12.2. The van der Waals surface area contributed by atoms with Gasteiger partial charge in [-0.2, -0.15) is 0 Å². The minimum Gasteiger partial charge on any atom is -0.490 e. The lowest BCUT2D eigenvalue weighted by molar-refractivity contribution is 0.0692. The molecule has 13 heteroatoms. The molecule has 6 rings (SSSR count). The fourth-order valence-electron chi connectivity index (χ4n) is 6.16. The topological polar surface area (TPSA) is 162 Å². The average molecular weight is 743 g/mol. The smallest absolute Gasteiger partial charge is 0.336 e. The Hall–Kier alpha value is -5.65. The summed E-state index contributed by atoms with van der Waals surface area (Å²) in [4.78, 5) is 35.0. The Bertz CT molecular complexity index is 2080. The number of likely N-dealkylation sites (tertiary alicyclic amines) is 1. The van der Waals surface area contributed by atoms with Gasteiger partial charge in [-0.15, -0.1) is 24.8 Å². The first kappa shape index (κ1) is 39.1. The van der Waals surface area contributed by atoms with Crippen LogP contribution in [0.3, 0.4) is 0 Å². The van der Waals surface area contributed by atoms with E-state index in [4.69, 9.17) is 26.3 Å². The van der Waals surface area contributed by atoms with Gasteiger partial charge in [0, 0.05) is 43.7 Å². The fraction of sp³-hybridized carbons (Fsp3) is 0.205. The van der Waals surface area contributed by atoms with Crippen molar-refractivity contribution in [3.05, 3.63) is 131 Å². The van der Waals surface area contributed by atoms with Crippen molar-refractivity contribution >= 4 is 71.2 Å². The molecule has 5 N–H and O–H groups in total. The summed E-state index contributed by atoms with van der Waals surface area (Å²) in [5.74, 6) is 0.0139. The van der Waals surface area contributed by atoms with Crippen LogP contribution in [0.4, 0.5) is 5.69 Å². The third kappa shape index (κ3) is 8.98. The molecule has 1 fully saturated rings. The molecule has 11 nitrogen and oxygen atoms in total. The second-order valence-corrected chi connectivity index (χ2v) is 12.2. The van der Waals surface area contributed by atoms with Crippen LogP contribution >= 0.6 is 24.8 Å². The lowest BCUT2D eigenvalue weighted by Gasteiger charge is -2.33. The number of piperidine rings is 1. The number of carboxylic acid groups (broad SMARTS) is 1. The molecule has 2 heterocycles. The van der Waals surface area contributed by atoms with Crippen LogP contribution in [0.2, 0.25) is 0 Å². The fourth-order valence-corrected chi connectivity index (χ4v) is 6.16. The van der Waals surface area contributed by atoms with E-state index in [1.807, 2.05) is 70.1 Å². The number of halogens is 2. The summed E-state index contributed by atoms with van der Waals surface area (Å²) >= 11 is 0. The highest BCUT2D eigenvalue weighted by atomic mass is 35.5. The molecule has 4 aromatic carbocycles. The van der Waals surface area contributed by atoms with Crippen molar-refractivity contribution in [2.45, 2.75) is 39.0 Å². The number of benzene rings is 4. The van der Waals surface area contributed by atoms with Gasteiger partial charge < -0.3 is 29.9 Å². The molecule has 0 radical (unpaired) electrons. The summed E-state index contributed by atoms with van der Waals surface area (Å²) in [6.45, 7) is 3.79. The molecule has 1 aliphatic rings. The number of nitrogens with one attached hydrogen (secondary N) is 2.